The maximum absolute atomic E-state index is 4.49. The third-order valence-corrected chi connectivity index (χ3v) is 3.10. The summed E-state index contributed by atoms with van der Waals surface area (Å²) in [5.41, 5.74) is 1.13. The Hall–Kier alpha value is -2.96. The monoisotopic (exact) mass is 295 g/mol. The van der Waals surface area contributed by atoms with Crippen LogP contribution in [0.5, 0.6) is 0 Å². The molecule has 22 heavy (non-hydrogen) atoms. The van der Waals surface area contributed by atoms with Gasteiger partial charge in [-0.25, -0.2) is 14.6 Å². The van der Waals surface area contributed by atoms with Gasteiger partial charge in [-0.3, -0.25) is 4.98 Å². The van der Waals surface area contributed by atoms with Gasteiger partial charge in [-0.2, -0.15) is 5.10 Å². The van der Waals surface area contributed by atoms with Crippen LogP contribution < -0.4 is 10.2 Å². The smallest absolute Gasteiger partial charge is 0.173 e. The molecule has 3 aromatic rings. The third kappa shape index (κ3) is 3.20. The fraction of sp³-hybridized carbons (Fsp3) is 0.200. The van der Waals surface area contributed by atoms with E-state index < -0.39 is 0 Å². The Balaban J connectivity index is 1.72. The van der Waals surface area contributed by atoms with Gasteiger partial charge >= 0.3 is 0 Å². The lowest BCUT2D eigenvalue weighted by Gasteiger charge is -2.12. The van der Waals surface area contributed by atoms with E-state index in [0.717, 1.165) is 11.4 Å². The summed E-state index contributed by atoms with van der Waals surface area (Å²) < 4.78 is 1.68. The number of anilines is 2. The van der Waals surface area contributed by atoms with Crippen molar-refractivity contribution in [3.8, 4) is 5.82 Å². The molecule has 0 bridgehead atoms. The van der Waals surface area contributed by atoms with Crippen molar-refractivity contribution in [2.75, 3.05) is 24.3 Å². The van der Waals surface area contributed by atoms with Crippen molar-refractivity contribution in [1.29, 1.82) is 0 Å². The predicted molar refractivity (Wildman–Crippen MR) is 85.0 cm³/mol. The van der Waals surface area contributed by atoms with Crippen LogP contribution >= 0.6 is 0 Å². The highest BCUT2D eigenvalue weighted by molar-refractivity contribution is 5.41. The maximum atomic E-state index is 4.49. The second-order valence-corrected chi connectivity index (χ2v) is 4.98. The van der Waals surface area contributed by atoms with E-state index in [-0.39, 0.29) is 0 Å². The molecule has 0 spiro atoms. The molecule has 3 heterocycles. The second-order valence-electron chi connectivity index (χ2n) is 4.98. The Morgan fingerprint density at radius 2 is 2.14 bits per heavy atom. The molecule has 0 amide bonds. The van der Waals surface area contributed by atoms with Crippen LogP contribution in [0.3, 0.4) is 0 Å². The standard InChI is InChI=1S/C15H17N7/c1-21(2)14-8-12(4-6-17-14)9-18-13-10-16-11-15(20-13)22-7-3-5-19-22/h3-8,10-11H,9H2,1-2H3,(H,18,20). The molecule has 3 rings (SSSR count). The second kappa shape index (κ2) is 6.21. The first kappa shape index (κ1) is 14.0. The molecule has 1 N–H and O–H groups in total. The van der Waals surface area contributed by atoms with E-state index in [1.54, 1.807) is 29.5 Å². The molecule has 7 heteroatoms. The molecule has 0 aliphatic rings. The van der Waals surface area contributed by atoms with Crippen molar-refractivity contribution >= 4 is 11.6 Å². The molecule has 0 aliphatic carbocycles. The van der Waals surface area contributed by atoms with Gasteiger partial charge in [0.2, 0.25) is 0 Å². The van der Waals surface area contributed by atoms with Gasteiger partial charge in [-0.15, -0.1) is 0 Å². The van der Waals surface area contributed by atoms with Crippen molar-refractivity contribution in [1.82, 2.24) is 24.7 Å². The lowest BCUT2D eigenvalue weighted by molar-refractivity contribution is 0.837. The third-order valence-electron chi connectivity index (χ3n) is 3.10. The van der Waals surface area contributed by atoms with Crippen LogP contribution in [0.25, 0.3) is 5.82 Å². The zero-order valence-corrected chi connectivity index (χ0v) is 12.5. The first-order valence-corrected chi connectivity index (χ1v) is 6.90. The molecule has 0 fully saturated rings. The average molecular weight is 295 g/mol. The van der Waals surface area contributed by atoms with Crippen LogP contribution in [0.15, 0.2) is 49.2 Å². The van der Waals surface area contributed by atoms with Crippen molar-refractivity contribution in [3.05, 3.63) is 54.7 Å². The molecule has 0 unspecified atom stereocenters. The average Bonchev–Trinajstić information content (AvgIpc) is 3.08. The Bertz CT molecular complexity index is 737. The van der Waals surface area contributed by atoms with Gasteiger partial charge in [-0.05, 0) is 23.8 Å². The predicted octanol–water partition coefficient (Wildman–Crippen LogP) is 1.74. The number of pyridine rings is 1. The first-order chi connectivity index (χ1) is 10.7. The van der Waals surface area contributed by atoms with E-state index in [0.29, 0.717) is 18.2 Å². The molecular formula is C15H17N7. The van der Waals surface area contributed by atoms with Gasteiger partial charge in [0.25, 0.3) is 0 Å². The number of nitrogens with one attached hydrogen (secondary N) is 1. The van der Waals surface area contributed by atoms with Crippen molar-refractivity contribution in [3.63, 3.8) is 0 Å². The molecule has 0 radical (unpaired) electrons. The maximum Gasteiger partial charge on any atom is 0.173 e. The molecule has 0 aliphatic heterocycles. The quantitative estimate of drug-likeness (QED) is 0.773. The van der Waals surface area contributed by atoms with Gasteiger partial charge < -0.3 is 10.2 Å². The van der Waals surface area contributed by atoms with E-state index in [1.807, 2.05) is 43.4 Å². The van der Waals surface area contributed by atoms with E-state index >= 15 is 0 Å². The number of aromatic nitrogens is 5. The number of hydrogen-bond donors (Lipinski definition) is 1. The van der Waals surface area contributed by atoms with Gasteiger partial charge in [0.05, 0.1) is 12.4 Å². The summed E-state index contributed by atoms with van der Waals surface area (Å²) in [5.74, 6) is 2.31. The van der Waals surface area contributed by atoms with Crippen LogP contribution in [0.1, 0.15) is 5.56 Å². The normalized spacial score (nSPS) is 10.5. The molecule has 3 aromatic heterocycles. The van der Waals surface area contributed by atoms with Crippen molar-refractivity contribution in [2.24, 2.45) is 0 Å². The lowest BCUT2D eigenvalue weighted by atomic mass is 10.2. The minimum atomic E-state index is 0.653. The van der Waals surface area contributed by atoms with E-state index in [4.69, 9.17) is 0 Å². The van der Waals surface area contributed by atoms with Crippen LogP contribution in [0.4, 0.5) is 11.6 Å². The van der Waals surface area contributed by atoms with Crippen LogP contribution in [0.2, 0.25) is 0 Å². The molecule has 0 aromatic carbocycles. The van der Waals surface area contributed by atoms with Crippen LogP contribution in [0, 0.1) is 0 Å². The molecule has 0 atom stereocenters. The number of hydrogen-bond acceptors (Lipinski definition) is 6. The van der Waals surface area contributed by atoms with Gasteiger partial charge in [-0.1, -0.05) is 0 Å². The molecule has 7 nitrogen and oxygen atoms in total. The molecule has 0 saturated carbocycles. The Morgan fingerprint density at radius 3 is 2.91 bits per heavy atom. The highest BCUT2D eigenvalue weighted by Crippen LogP contribution is 2.12. The minimum absolute atomic E-state index is 0.653. The molecule has 112 valence electrons. The first-order valence-electron chi connectivity index (χ1n) is 6.90. The van der Waals surface area contributed by atoms with E-state index in [9.17, 15) is 0 Å². The summed E-state index contributed by atoms with van der Waals surface area (Å²) in [4.78, 5) is 15.0. The summed E-state index contributed by atoms with van der Waals surface area (Å²) in [5, 5.41) is 7.42. The summed E-state index contributed by atoms with van der Waals surface area (Å²) in [6, 6.07) is 5.87. The van der Waals surface area contributed by atoms with Gasteiger partial charge in [0.15, 0.2) is 5.82 Å². The molecular weight excluding hydrogens is 278 g/mol. The fourth-order valence-corrected chi connectivity index (χ4v) is 1.96. The number of rotatable bonds is 5. The highest BCUT2D eigenvalue weighted by Gasteiger charge is 2.03. The summed E-state index contributed by atoms with van der Waals surface area (Å²) in [7, 11) is 3.94. The Kier molecular flexibility index (Phi) is 3.95. The van der Waals surface area contributed by atoms with E-state index in [1.165, 1.54) is 0 Å². The summed E-state index contributed by atoms with van der Waals surface area (Å²) in [6.45, 7) is 0.653. The van der Waals surface area contributed by atoms with Crippen molar-refractivity contribution in [2.45, 2.75) is 6.54 Å². The lowest BCUT2D eigenvalue weighted by Crippen LogP contribution is -2.11. The molecule has 0 saturated heterocycles. The largest absolute Gasteiger partial charge is 0.365 e. The minimum Gasteiger partial charge on any atom is -0.365 e. The summed E-state index contributed by atoms with van der Waals surface area (Å²) in [6.07, 6.45) is 8.72. The zero-order valence-electron chi connectivity index (χ0n) is 12.5. The summed E-state index contributed by atoms with van der Waals surface area (Å²) >= 11 is 0. The SMILES string of the molecule is CN(C)c1cc(CNc2cncc(-n3cccn3)n2)ccn1. The highest BCUT2D eigenvalue weighted by atomic mass is 15.3. The van der Waals surface area contributed by atoms with Crippen LogP contribution in [-0.4, -0.2) is 38.8 Å². The van der Waals surface area contributed by atoms with E-state index in [2.05, 4.69) is 25.4 Å². The number of nitrogens with zero attached hydrogens (tertiary/aromatic N) is 6. The Labute approximate surface area is 128 Å². The zero-order chi connectivity index (χ0) is 15.4. The van der Waals surface area contributed by atoms with Crippen molar-refractivity contribution < 1.29 is 0 Å². The topological polar surface area (TPSA) is 71.8 Å². The van der Waals surface area contributed by atoms with Crippen LogP contribution in [-0.2, 0) is 6.54 Å². The fourth-order valence-electron chi connectivity index (χ4n) is 1.96. The van der Waals surface area contributed by atoms with Gasteiger partial charge in [0.1, 0.15) is 11.6 Å². The van der Waals surface area contributed by atoms with Gasteiger partial charge in [0, 0.05) is 39.2 Å². The Morgan fingerprint density at radius 1 is 1.23 bits per heavy atom.